The second-order valence-electron chi connectivity index (χ2n) is 7.46. The predicted molar refractivity (Wildman–Crippen MR) is 96.6 cm³/mol. The van der Waals surface area contributed by atoms with Crippen molar-refractivity contribution in [1.82, 2.24) is 14.4 Å². The van der Waals surface area contributed by atoms with Gasteiger partial charge in [-0.3, -0.25) is 4.79 Å². The standard InChI is InChI=1S/C19H25N3O3/c1-19(2,3)25-18(24)22-11-9-21(10-12-22)17(23)15-6-5-14-7-8-20(4)16(14)13-15/h5-8,13H,9-12H2,1-4H3. The molecular weight excluding hydrogens is 318 g/mol. The van der Waals surface area contributed by atoms with Gasteiger partial charge in [-0.2, -0.15) is 0 Å². The van der Waals surface area contributed by atoms with Gasteiger partial charge >= 0.3 is 6.09 Å². The summed E-state index contributed by atoms with van der Waals surface area (Å²) in [7, 11) is 1.97. The third-order valence-electron chi connectivity index (χ3n) is 4.35. The molecule has 2 heterocycles. The SMILES string of the molecule is Cn1ccc2ccc(C(=O)N3CCN(C(=O)OC(C)(C)C)CC3)cc21. The summed E-state index contributed by atoms with van der Waals surface area (Å²) < 4.78 is 7.40. The highest BCUT2D eigenvalue weighted by molar-refractivity contribution is 5.98. The Hall–Kier alpha value is -2.50. The Labute approximate surface area is 147 Å². The fourth-order valence-electron chi connectivity index (χ4n) is 3.00. The number of benzene rings is 1. The van der Waals surface area contributed by atoms with Crippen molar-refractivity contribution in [2.45, 2.75) is 26.4 Å². The van der Waals surface area contributed by atoms with E-state index in [0.29, 0.717) is 31.7 Å². The number of rotatable bonds is 1. The van der Waals surface area contributed by atoms with E-state index in [4.69, 9.17) is 4.74 Å². The Morgan fingerprint density at radius 3 is 2.28 bits per heavy atom. The fraction of sp³-hybridized carbons (Fsp3) is 0.474. The molecule has 1 saturated heterocycles. The largest absolute Gasteiger partial charge is 0.444 e. The van der Waals surface area contributed by atoms with E-state index in [0.717, 1.165) is 10.9 Å². The first-order valence-corrected chi connectivity index (χ1v) is 8.57. The second kappa shape index (κ2) is 6.43. The summed E-state index contributed by atoms with van der Waals surface area (Å²) in [4.78, 5) is 28.3. The minimum Gasteiger partial charge on any atom is -0.444 e. The van der Waals surface area contributed by atoms with Gasteiger partial charge in [0.2, 0.25) is 0 Å². The van der Waals surface area contributed by atoms with Gasteiger partial charge < -0.3 is 19.1 Å². The van der Waals surface area contributed by atoms with Crippen LogP contribution in [0.2, 0.25) is 0 Å². The molecule has 3 rings (SSSR count). The highest BCUT2D eigenvalue weighted by Crippen LogP contribution is 2.19. The molecule has 1 aromatic heterocycles. The van der Waals surface area contributed by atoms with E-state index < -0.39 is 5.60 Å². The number of amides is 2. The molecule has 1 aromatic carbocycles. The molecule has 0 N–H and O–H groups in total. The number of carbonyl (C=O) groups is 2. The summed E-state index contributed by atoms with van der Waals surface area (Å²) in [6.45, 7) is 7.58. The van der Waals surface area contributed by atoms with Crippen LogP contribution in [0.5, 0.6) is 0 Å². The smallest absolute Gasteiger partial charge is 0.410 e. The van der Waals surface area contributed by atoms with Gasteiger partial charge in [0, 0.05) is 50.5 Å². The molecule has 6 nitrogen and oxygen atoms in total. The summed E-state index contributed by atoms with van der Waals surface area (Å²) in [6.07, 6.45) is 1.67. The van der Waals surface area contributed by atoms with Crippen molar-refractivity contribution in [3.63, 3.8) is 0 Å². The molecule has 0 bridgehead atoms. The lowest BCUT2D eigenvalue weighted by Crippen LogP contribution is -2.51. The maximum absolute atomic E-state index is 12.8. The molecule has 25 heavy (non-hydrogen) atoms. The normalized spacial score (nSPS) is 15.5. The summed E-state index contributed by atoms with van der Waals surface area (Å²) in [5.41, 5.74) is 1.22. The van der Waals surface area contributed by atoms with Gasteiger partial charge in [-0.25, -0.2) is 4.79 Å². The van der Waals surface area contributed by atoms with Crippen molar-refractivity contribution in [3.05, 3.63) is 36.0 Å². The second-order valence-corrected chi connectivity index (χ2v) is 7.46. The van der Waals surface area contributed by atoms with E-state index in [-0.39, 0.29) is 12.0 Å². The maximum atomic E-state index is 12.8. The zero-order valence-electron chi connectivity index (χ0n) is 15.3. The molecule has 0 aliphatic carbocycles. The van der Waals surface area contributed by atoms with Crippen LogP contribution in [0.3, 0.4) is 0 Å². The molecule has 1 aliphatic heterocycles. The third-order valence-corrected chi connectivity index (χ3v) is 4.35. The lowest BCUT2D eigenvalue weighted by atomic mass is 10.1. The van der Waals surface area contributed by atoms with E-state index in [1.54, 1.807) is 9.80 Å². The van der Waals surface area contributed by atoms with Crippen LogP contribution in [0, 0.1) is 0 Å². The van der Waals surface area contributed by atoms with Crippen LogP contribution < -0.4 is 0 Å². The Morgan fingerprint density at radius 2 is 1.64 bits per heavy atom. The number of aromatic nitrogens is 1. The van der Waals surface area contributed by atoms with Crippen LogP contribution >= 0.6 is 0 Å². The number of piperazine rings is 1. The van der Waals surface area contributed by atoms with E-state index in [2.05, 4.69) is 0 Å². The molecule has 6 heteroatoms. The number of hydrogen-bond donors (Lipinski definition) is 0. The molecule has 0 saturated carbocycles. The lowest BCUT2D eigenvalue weighted by molar-refractivity contribution is 0.0141. The average Bonchev–Trinajstić information content (AvgIpc) is 2.93. The van der Waals surface area contributed by atoms with Crippen LogP contribution in [-0.4, -0.2) is 58.1 Å². The molecule has 2 amide bonds. The quantitative estimate of drug-likeness (QED) is 0.800. The van der Waals surface area contributed by atoms with Gasteiger partial charge in [-0.1, -0.05) is 6.07 Å². The average molecular weight is 343 g/mol. The lowest BCUT2D eigenvalue weighted by Gasteiger charge is -2.35. The summed E-state index contributed by atoms with van der Waals surface area (Å²) in [5.74, 6) is 0.00642. The minimum absolute atomic E-state index is 0.00642. The number of nitrogens with zero attached hydrogens (tertiary/aromatic N) is 3. The Morgan fingerprint density at radius 1 is 1.00 bits per heavy atom. The highest BCUT2D eigenvalue weighted by atomic mass is 16.6. The first-order chi connectivity index (χ1) is 11.7. The number of ether oxygens (including phenoxy) is 1. The number of carbonyl (C=O) groups excluding carboxylic acids is 2. The molecule has 0 unspecified atom stereocenters. The maximum Gasteiger partial charge on any atom is 0.410 e. The van der Waals surface area contributed by atoms with Gasteiger partial charge in [0.25, 0.3) is 5.91 Å². The molecule has 0 radical (unpaired) electrons. The molecule has 1 aliphatic rings. The third kappa shape index (κ3) is 3.78. The zero-order chi connectivity index (χ0) is 18.2. The van der Waals surface area contributed by atoms with E-state index >= 15 is 0 Å². The van der Waals surface area contributed by atoms with E-state index in [1.807, 2.05) is 62.8 Å². The van der Waals surface area contributed by atoms with Crippen molar-refractivity contribution in [2.24, 2.45) is 7.05 Å². The van der Waals surface area contributed by atoms with Crippen molar-refractivity contribution < 1.29 is 14.3 Å². The molecule has 1 fully saturated rings. The first-order valence-electron chi connectivity index (χ1n) is 8.57. The van der Waals surface area contributed by atoms with E-state index in [9.17, 15) is 9.59 Å². The Kier molecular flexibility index (Phi) is 4.45. The molecule has 0 spiro atoms. The van der Waals surface area contributed by atoms with Crippen molar-refractivity contribution >= 4 is 22.9 Å². The molecule has 134 valence electrons. The van der Waals surface area contributed by atoms with Crippen LogP contribution in [0.4, 0.5) is 4.79 Å². The van der Waals surface area contributed by atoms with Crippen molar-refractivity contribution in [1.29, 1.82) is 0 Å². The zero-order valence-corrected chi connectivity index (χ0v) is 15.3. The summed E-state index contributed by atoms with van der Waals surface area (Å²) in [6, 6.07) is 7.80. The van der Waals surface area contributed by atoms with Gasteiger partial charge in [-0.15, -0.1) is 0 Å². The van der Waals surface area contributed by atoms with Crippen LogP contribution in [0.1, 0.15) is 31.1 Å². The molecule has 2 aromatic rings. The topological polar surface area (TPSA) is 54.8 Å². The highest BCUT2D eigenvalue weighted by Gasteiger charge is 2.28. The predicted octanol–water partition coefficient (Wildman–Crippen LogP) is 2.87. The molecular formula is C19H25N3O3. The van der Waals surface area contributed by atoms with Crippen LogP contribution in [0.25, 0.3) is 10.9 Å². The van der Waals surface area contributed by atoms with E-state index in [1.165, 1.54) is 0 Å². The van der Waals surface area contributed by atoms with Crippen molar-refractivity contribution in [2.75, 3.05) is 26.2 Å². The van der Waals surface area contributed by atoms with Gasteiger partial charge in [0.05, 0.1) is 0 Å². The van der Waals surface area contributed by atoms with Crippen molar-refractivity contribution in [3.8, 4) is 0 Å². The minimum atomic E-state index is -0.505. The number of hydrogen-bond acceptors (Lipinski definition) is 3. The van der Waals surface area contributed by atoms with Gasteiger partial charge in [-0.05, 0) is 44.4 Å². The Balaban J connectivity index is 1.64. The van der Waals surface area contributed by atoms with Crippen LogP contribution in [0.15, 0.2) is 30.5 Å². The Bertz CT molecular complexity index is 796. The number of fused-ring (bicyclic) bond motifs is 1. The fourth-order valence-corrected chi connectivity index (χ4v) is 3.00. The van der Waals surface area contributed by atoms with Gasteiger partial charge in [0.1, 0.15) is 5.60 Å². The number of aryl methyl sites for hydroxylation is 1. The summed E-state index contributed by atoms with van der Waals surface area (Å²) in [5, 5.41) is 1.12. The monoisotopic (exact) mass is 343 g/mol. The van der Waals surface area contributed by atoms with Gasteiger partial charge in [0.15, 0.2) is 0 Å². The first kappa shape index (κ1) is 17.3. The summed E-state index contributed by atoms with van der Waals surface area (Å²) >= 11 is 0. The molecule has 0 atom stereocenters. The van der Waals surface area contributed by atoms with Crippen LogP contribution in [-0.2, 0) is 11.8 Å².